The van der Waals surface area contributed by atoms with Crippen molar-refractivity contribution in [3.63, 3.8) is 0 Å². The van der Waals surface area contributed by atoms with Gasteiger partial charge in [0.05, 0.1) is 0 Å². The minimum absolute atomic E-state index is 0.0152. The van der Waals surface area contributed by atoms with Crippen LogP contribution in [-0.4, -0.2) is 23.6 Å². The smallest absolute Gasteiger partial charge is 0.352 e. The molecule has 1 aromatic carbocycles. The zero-order valence-electron chi connectivity index (χ0n) is 12.0. The summed E-state index contributed by atoms with van der Waals surface area (Å²) in [4.78, 5) is 15.2. The molecule has 22 heavy (non-hydrogen) atoms. The molecule has 3 nitrogen and oxygen atoms in total. The van der Waals surface area contributed by atoms with Gasteiger partial charge in [-0.05, 0) is 48.2 Å². The Kier molecular flexibility index (Phi) is 4.80. The number of halogens is 3. The molecule has 0 saturated heterocycles. The van der Waals surface area contributed by atoms with E-state index >= 15 is 0 Å². The molecule has 0 N–H and O–H groups in total. The fourth-order valence-electron chi connectivity index (χ4n) is 2.12. The molecule has 1 unspecified atom stereocenters. The van der Waals surface area contributed by atoms with E-state index < -0.39 is 18.6 Å². The maximum absolute atomic E-state index is 12.8. The molecule has 0 aliphatic rings. The van der Waals surface area contributed by atoms with E-state index in [9.17, 15) is 18.0 Å². The van der Waals surface area contributed by atoms with Crippen LogP contribution in [0.4, 0.5) is 13.2 Å². The van der Waals surface area contributed by atoms with Crippen molar-refractivity contribution in [2.75, 3.05) is 0 Å². The lowest BCUT2D eigenvalue weighted by atomic mass is 9.98. The van der Waals surface area contributed by atoms with Crippen LogP contribution >= 0.6 is 0 Å². The molecule has 0 fully saturated rings. The third-order valence-corrected chi connectivity index (χ3v) is 3.13. The minimum Gasteiger partial charge on any atom is -0.424 e. The number of carbonyl (C=O) groups is 1. The molecular formula is C16H14F3NO2. The standard InChI is InChI=1S/C16H14F3NO2/c1-9-7-20-8-10(2)13(9)11-3-5-12(6-4-11)22-16(21)14(17)15(18)19/h3-8,14-15H,1-2H3. The van der Waals surface area contributed by atoms with Crippen molar-refractivity contribution in [3.05, 3.63) is 47.8 Å². The van der Waals surface area contributed by atoms with Gasteiger partial charge >= 0.3 is 5.97 Å². The van der Waals surface area contributed by atoms with E-state index in [1.54, 1.807) is 24.5 Å². The Morgan fingerprint density at radius 3 is 2.09 bits per heavy atom. The lowest BCUT2D eigenvalue weighted by Gasteiger charge is -2.11. The molecule has 6 heteroatoms. The van der Waals surface area contributed by atoms with Crippen molar-refractivity contribution in [2.24, 2.45) is 0 Å². The van der Waals surface area contributed by atoms with Gasteiger partial charge < -0.3 is 4.74 Å². The van der Waals surface area contributed by atoms with Gasteiger partial charge in [-0.15, -0.1) is 0 Å². The van der Waals surface area contributed by atoms with E-state index in [0.29, 0.717) is 0 Å². The van der Waals surface area contributed by atoms with Gasteiger partial charge in [0.15, 0.2) is 0 Å². The monoisotopic (exact) mass is 309 g/mol. The van der Waals surface area contributed by atoms with Crippen LogP contribution in [0.25, 0.3) is 11.1 Å². The number of pyridine rings is 1. The first-order chi connectivity index (χ1) is 10.4. The number of aryl methyl sites for hydroxylation is 2. The summed E-state index contributed by atoms with van der Waals surface area (Å²) in [6.07, 6.45) is -2.88. The number of benzene rings is 1. The van der Waals surface area contributed by atoms with Crippen molar-refractivity contribution in [1.29, 1.82) is 0 Å². The normalized spacial score (nSPS) is 12.3. The summed E-state index contributed by atoms with van der Waals surface area (Å²) in [6, 6.07) is 6.22. The van der Waals surface area contributed by atoms with Crippen LogP contribution in [0.2, 0.25) is 0 Å². The number of ether oxygens (including phenoxy) is 1. The van der Waals surface area contributed by atoms with Crippen LogP contribution in [0, 0.1) is 13.8 Å². The first kappa shape index (κ1) is 16.0. The van der Waals surface area contributed by atoms with Gasteiger partial charge in [-0.1, -0.05) is 12.1 Å². The van der Waals surface area contributed by atoms with E-state index in [4.69, 9.17) is 0 Å². The summed E-state index contributed by atoms with van der Waals surface area (Å²) in [6.45, 7) is 3.83. The van der Waals surface area contributed by atoms with Gasteiger partial charge in [-0.3, -0.25) is 4.98 Å². The van der Waals surface area contributed by atoms with E-state index in [0.717, 1.165) is 22.3 Å². The molecule has 1 aromatic heterocycles. The van der Waals surface area contributed by atoms with Gasteiger partial charge in [0.25, 0.3) is 12.6 Å². The second-order valence-corrected chi connectivity index (χ2v) is 4.83. The highest BCUT2D eigenvalue weighted by atomic mass is 19.3. The van der Waals surface area contributed by atoms with Gasteiger partial charge in [0, 0.05) is 12.4 Å². The second kappa shape index (κ2) is 6.60. The first-order valence-electron chi connectivity index (χ1n) is 6.55. The Labute approximate surface area is 125 Å². The second-order valence-electron chi connectivity index (χ2n) is 4.83. The molecule has 0 bridgehead atoms. The zero-order valence-corrected chi connectivity index (χ0v) is 12.0. The van der Waals surface area contributed by atoms with Crippen LogP contribution < -0.4 is 4.74 Å². The van der Waals surface area contributed by atoms with Crippen LogP contribution in [0.1, 0.15) is 11.1 Å². The van der Waals surface area contributed by atoms with E-state index in [2.05, 4.69) is 9.72 Å². The van der Waals surface area contributed by atoms with E-state index in [1.165, 1.54) is 12.1 Å². The maximum atomic E-state index is 12.8. The molecule has 0 aliphatic carbocycles. The number of alkyl halides is 3. The number of rotatable bonds is 4. The Morgan fingerprint density at radius 1 is 1.05 bits per heavy atom. The topological polar surface area (TPSA) is 39.2 Å². The summed E-state index contributed by atoms with van der Waals surface area (Å²) in [5, 5.41) is 0. The highest BCUT2D eigenvalue weighted by Crippen LogP contribution is 2.28. The Morgan fingerprint density at radius 2 is 1.59 bits per heavy atom. The molecule has 0 radical (unpaired) electrons. The summed E-state index contributed by atoms with van der Waals surface area (Å²) in [5.74, 6) is -1.58. The average molecular weight is 309 g/mol. The number of hydrogen-bond acceptors (Lipinski definition) is 3. The van der Waals surface area contributed by atoms with Crippen molar-refractivity contribution in [2.45, 2.75) is 26.4 Å². The van der Waals surface area contributed by atoms with Gasteiger partial charge in [0.1, 0.15) is 5.75 Å². The fourth-order valence-corrected chi connectivity index (χ4v) is 2.12. The lowest BCUT2D eigenvalue weighted by Crippen LogP contribution is -2.28. The largest absolute Gasteiger partial charge is 0.424 e. The molecule has 0 amide bonds. The van der Waals surface area contributed by atoms with Crippen LogP contribution in [0.3, 0.4) is 0 Å². The minimum atomic E-state index is -3.39. The molecule has 1 heterocycles. The fraction of sp³-hybridized carbons (Fsp3) is 0.250. The van der Waals surface area contributed by atoms with Crippen LogP contribution in [0.15, 0.2) is 36.7 Å². The molecule has 2 aromatic rings. The number of esters is 1. The summed E-state index contributed by atoms with van der Waals surface area (Å²) in [7, 11) is 0. The predicted octanol–water partition coefficient (Wildman–Crippen LogP) is 3.87. The zero-order chi connectivity index (χ0) is 16.3. The molecule has 0 saturated carbocycles. The van der Waals surface area contributed by atoms with E-state index in [1.807, 2.05) is 13.8 Å². The van der Waals surface area contributed by atoms with Crippen molar-refractivity contribution < 1.29 is 22.7 Å². The average Bonchev–Trinajstić information content (AvgIpc) is 2.47. The van der Waals surface area contributed by atoms with Crippen LogP contribution in [0.5, 0.6) is 5.75 Å². The third kappa shape index (κ3) is 3.44. The molecule has 1 atom stereocenters. The lowest BCUT2D eigenvalue weighted by molar-refractivity contribution is -0.145. The SMILES string of the molecule is Cc1cncc(C)c1-c1ccc(OC(=O)C(F)C(F)F)cc1. The molecule has 0 spiro atoms. The number of carbonyl (C=O) groups excluding carboxylic acids is 1. The Hall–Kier alpha value is -2.37. The van der Waals surface area contributed by atoms with E-state index in [-0.39, 0.29) is 5.75 Å². The molecule has 0 aliphatic heterocycles. The summed E-state index contributed by atoms with van der Waals surface area (Å²) < 4.78 is 41.6. The number of hydrogen-bond donors (Lipinski definition) is 0. The third-order valence-electron chi connectivity index (χ3n) is 3.13. The van der Waals surface area contributed by atoms with Crippen molar-refractivity contribution in [3.8, 4) is 16.9 Å². The molecule has 2 rings (SSSR count). The molecular weight excluding hydrogens is 295 g/mol. The number of nitrogens with zero attached hydrogens (tertiary/aromatic N) is 1. The summed E-state index contributed by atoms with van der Waals surface area (Å²) >= 11 is 0. The maximum Gasteiger partial charge on any atom is 0.352 e. The highest BCUT2D eigenvalue weighted by Gasteiger charge is 2.29. The summed E-state index contributed by atoms with van der Waals surface area (Å²) in [5.41, 5.74) is 3.81. The van der Waals surface area contributed by atoms with Crippen LogP contribution in [-0.2, 0) is 4.79 Å². The van der Waals surface area contributed by atoms with Crippen molar-refractivity contribution in [1.82, 2.24) is 4.98 Å². The predicted molar refractivity (Wildman–Crippen MR) is 75.7 cm³/mol. The Bertz CT molecular complexity index is 651. The first-order valence-corrected chi connectivity index (χ1v) is 6.55. The van der Waals surface area contributed by atoms with Gasteiger partial charge in [-0.2, -0.15) is 0 Å². The van der Waals surface area contributed by atoms with Gasteiger partial charge in [-0.25, -0.2) is 18.0 Å². The van der Waals surface area contributed by atoms with Crippen molar-refractivity contribution >= 4 is 5.97 Å². The Balaban J connectivity index is 2.19. The highest BCUT2D eigenvalue weighted by molar-refractivity contribution is 5.78. The van der Waals surface area contributed by atoms with Gasteiger partial charge in [0.2, 0.25) is 0 Å². The quantitative estimate of drug-likeness (QED) is 0.635. The number of aromatic nitrogens is 1. The molecule has 116 valence electrons.